The van der Waals surface area contributed by atoms with Gasteiger partial charge in [-0.15, -0.1) is 0 Å². The lowest BCUT2D eigenvalue weighted by Gasteiger charge is -2.16. The van der Waals surface area contributed by atoms with E-state index in [1.54, 1.807) is 18.2 Å². The van der Waals surface area contributed by atoms with E-state index in [0.29, 0.717) is 28.9 Å². The van der Waals surface area contributed by atoms with Crippen LogP contribution >= 0.6 is 0 Å². The Morgan fingerprint density at radius 1 is 0.838 bits per heavy atom. The largest absolute Gasteiger partial charge is 0.503 e. The lowest BCUT2D eigenvalue weighted by atomic mass is 10.1. The van der Waals surface area contributed by atoms with Crippen molar-refractivity contribution in [2.75, 3.05) is 33.2 Å². The molecule has 0 fully saturated rings. The third kappa shape index (κ3) is 6.02. The average Bonchev–Trinajstić information content (AvgIpc) is 2.87. The monoisotopic (exact) mass is 539 g/mol. The van der Waals surface area contributed by atoms with Gasteiger partial charge in [-0.1, -0.05) is 18.2 Å². The number of nitrogens with one attached hydrogen (secondary N) is 1. The van der Waals surface area contributed by atoms with Crippen molar-refractivity contribution in [2.24, 2.45) is 0 Å². The fourth-order valence-electron chi connectivity index (χ4n) is 3.41. The van der Waals surface area contributed by atoms with Crippen molar-refractivity contribution in [1.82, 2.24) is 0 Å². The van der Waals surface area contributed by atoms with E-state index in [1.807, 2.05) is 0 Å². The van der Waals surface area contributed by atoms with E-state index in [9.17, 15) is 26.7 Å². The van der Waals surface area contributed by atoms with Gasteiger partial charge in [0.1, 0.15) is 5.69 Å². The van der Waals surface area contributed by atoms with Gasteiger partial charge in [0.25, 0.3) is 10.0 Å². The molecular formula is C25H24F3NO7S. The van der Waals surface area contributed by atoms with Crippen LogP contribution in [0.25, 0.3) is 12.2 Å². The maximum atomic E-state index is 13.1. The molecule has 3 aromatic rings. The zero-order valence-corrected chi connectivity index (χ0v) is 21.0. The highest BCUT2D eigenvalue weighted by Gasteiger charge is 2.32. The summed E-state index contributed by atoms with van der Waals surface area (Å²) in [5.74, 6) is 0.532. The molecule has 0 saturated heterocycles. The molecule has 3 aromatic carbocycles. The number of hydrogen-bond donors (Lipinski definition) is 2. The topological polar surface area (TPSA) is 103 Å². The first-order chi connectivity index (χ1) is 17.4. The van der Waals surface area contributed by atoms with Gasteiger partial charge >= 0.3 is 6.18 Å². The molecule has 0 heterocycles. The molecule has 0 bridgehead atoms. The van der Waals surface area contributed by atoms with Gasteiger partial charge in [-0.05, 0) is 48.0 Å². The van der Waals surface area contributed by atoms with Crippen molar-refractivity contribution in [3.8, 4) is 28.7 Å². The molecule has 0 aliphatic carbocycles. The average molecular weight is 540 g/mol. The van der Waals surface area contributed by atoms with Crippen LogP contribution in [-0.2, 0) is 16.2 Å². The van der Waals surface area contributed by atoms with E-state index in [0.717, 1.165) is 18.2 Å². The van der Waals surface area contributed by atoms with Crippen molar-refractivity contribution in [3.63, 3.8) is 0 Å². The van der Waals surface area contributed by atoms with Crippen LogP contribution in [0.15, 0.2) is 53.4 Å². The van der Waals surface area contributed by atoms with E-state index in [2.05, 4.69) is 4.72 Å². The van der Waals surface area contributed by atoms with Crippen LogP contribution < -0.4 is 23.7 Å². The van der Waals surface area contributed by atoms with Gasteiger partial charge in [0.15, 0.2) is 23.0 Å². The lowest BCUT2D eigenvalue weighted by Crippen LogP contribution is -2.15. The molecule has 0 spiro atoms. The summed E-state index contributed by atoms with van der Waals surface area (Å²) in [6, 6.07) is 9.43. The molecule has 0 atom stereocenters. The molecule has 0 aromatic heterocycles. The minimum absolute atomic E-state index is 0.0494. The molecule has 0 aliphatic heterocycles. The van der Waals surface area contributed by atoms with Gasteiger partial charge in [0.2, 0.25) is 5.75 Å². The van der Waals surface area contributed by atoms with Crippen molar-refractivity contribution >= 4 is 27.9 Å². The number of phenols is 1. The number of aromatic hydroxyl groups is 1. The van der Waals surface area contributed by atoms with Crippen molar-refractivity contribution in [3.05, 3.63) is 65.2 Å². The maximum Gasteiger partial charge on any atom is 0.416 e. The number of halogens is 3. The lowest BCUT2D eigenvalue weighted by molar-refractivity contribution is -0.137. The van der Waals surface area contributed by atoms with Gasteiger partial charge < -0.3 is 24.1 Å². The first-order valence-electron chi connectivity index (χ1n) is 10.5. The van der Waals surface area contributed by atoms with E-state index in [1.165, 1.54) is 46.6 Å². The molecule has 0 saturated carbocycles. The molecule has 37 heavy (non-hydrogen) atoms. The zero-order valence-electron chi connectivity index (χ0n) is 20.2. The highest BCUT2D eigenvalue weighted by atomic mass is 32.2. The number of sulfonamides is 1. The molecule has 198 valence electrons. The third-order valence-corrected chi connectivity index (χ3v) is 6.59. The van der Waals surface area contributed by atoms with Gasteiger partial charge in [0, 0.05) is 5.56 Å². The van der Waals surface area contributed by atoms with E-state index < -0.39 is 32.4 Å². The summed E-state index contributed by atoms with van der Waals surface area (Å²) >= 11 is 0. The summed E-state index contributed by atoms with van der Waals surface area (Å²) in [5.41, 5.74) is -0.646. The Balaban J connectivity index is 2.07. The predicted molar refractivity (Wildman–Crippen MR) is 132 cm³/mol. The summed E-state index contributed by atoms with van der Waals surface area (Å²) < 4.78 is 88.5. The van der Waals surface area contributed by atoms with Crippen molar-refractivity contribution < 1.29 is 45.6 Å². The fraction of sp³-hybridized carbons (Fsp3) is 0.200. The minimum atomic E-state index is -4.74. The molecule has 0 radical (unpaired) electrons. The normalized spacial score (nSPS) is 11.9. The Morgan fingerprint density at radius 2 is 1.46 bits per heavy atom. The molecule has 2 N–H and O–H groups in total. The Kier molecular flexibility index (Phi) is 8.12. The van der Waals surface area contributed by atoms with E-state index >= 15 is 0 Å². The molecule has 8 nitrogen and oxygen atoms in total. The smallest absolute Gasteiger partial charge is 0.416 e. The second-order valence-corrected chi connectivity index (χ2v) is 9.19. The number of benzene rings is 3. The number of methoxy groups -OCH3 is 4. The van der Waals surface area contributed by atoms with E-state index in [-0.39, 0.29) is 17.0 Å². The Bertz CT molecular complexity index is 1400. The van der Waals surface area contributed by atoms with Crippen LogP contribution in [0.4, 0.5) is 18.9 Å². The first-order valence-corrected chi connectivity index (χ1v) is 12.0. The maximum absolute atomic E-state index is 13.1. The van der Waals surface area contributed by atoms with Crippen molar-refractivity contribution in [2.45, 2.75) is 11.1 Å². The second-order valence-electron chi connectivity index (χ2n) is 7.50. The molecule has 0 unspecified atom stereocenters. The number of hydrogen-bond acceptors (Lipinski definition) is 7. The van der Waals surface area contributed by atoms with Crippen molar-refractivity contribution in [1.29, 1.82) is 0 Å². The molecular weight excluding hydrogens is 515 g/mol. The Labute approximate surface area is 211 Å². The zero-order chi connectivity index (χ0) is 27.4. The second kappa shape index (κ2) is 10.9. The number of ether oxygens (including phenoxy) is 4. The van der Waals surface area contributed by atoms with Crippen LogP contribution in [0.1, 0.15) is 16.7 Å². The highest BCUT2D eigenvalue weighted by Crippen LogP contribution is 2.41. The summed E-state index contributed by atoms with van der Waals surface area (Å²) in [6.45, 7) is 0. The number of alkyl halides is 3. The SMILES string of the molecule is COc1ccc(/C=C\c2cc(OC)c(OC)c(OC)c2)c(NS(=O)(=O)c2cccc(C(F)(F)F)c2)c1O. The van der Waals surface area contributed by atoms with Gasteiger partial charge in [0.05, 0.1) is 38.9 Å². The molecule has 0 amide bonds. The minimum Gasteiger partial charge on any atom is -0.503 e. The van der Waals surface area contributed by atoms with Gasteiger partial charge in [-0.3, -0.25) is 4.72 Å². The summed E-state index contributed by atoms with van der Waals surface area (Å²) in [6.07, 6.45) is -1.66. The highest BCUT2D eigenvalue weighted by molar-refractivity contribution is 7.92. The number of anilines is 1. The van der Waals surface area contributed by atoms with E-state index in [4.69, 9.17) is 18.9 Å². The standard InChI is InChI=1S/C25H24F3NO7S/c1-33-19-11-10-16(9-8-15-12-20(34-2)24(36-4)21(13-15)35-3)22(23(19)30)29-37(31,32)18-7-5-6-17(14-18)25(26,27)28/h5-14,29-30H,1-4H3/b9-8-. The summed E-state index contributed by atoms with van der Waals surface area (Å²) in [7, 11) is 1.09. The first kappa shape index (κ1) is 27.5. The summed E-state index contributed by atoms with van der Waals surface area (Å²) in [4.78, 5) is -0.635. The molecule has 3 rings (SSSR count). The fourth-order valence-corrected chi connectivity index (χ4v) is 4.56. The van der Waals surface area contributed by atoms with Crippen LogP contribution in [0.3, 0.4) is 0 Å². The number of phenolic OH excluding ortho intramolecular Hbond substituents is 1. The quantitative estimate of drug-likeness (QED) is 0.277. The Morgan fingerprint density at radius 3 is 2.00 bits per heavy atom. The summed E-state index contributed by atoms with van der Waals surface area (Å²) in [5, 5.41) is 10.7. The van der Waals surface area contributed by atoms with Crippen LogP contribution in [-0.4, -0.2) is 42.0 Å². The van der Waals surface area contributed by atoms with Crippen LogP contribution in [0, 0.1) is 0 Å². The van der Waals surface area contributed by atoms with Gasteiger partial charge in [-0.25, -0.2) is 8.42 Å². The van der Waals surface area contributed by atoms with Crippen LogP contribution in [0.2, 0.25) is 0 Å². The molecule has 0 aliphatic rings. The number of rotatable bonds is 9. The van der Waals surface area contributed by atoms with Crippen LogP contribution in [0.5, 0.6) is 28.7 Å². The predicted octanol–water partition coefficient (Wildman–Crippen LogP) is 5.42. The molecule has 12 heteroatoms. The van der Waals surface area contributed by atoms with Gasteiger partial charge in [-0.2, -0.15) is 13.2 Å². The Hall–Kier alpha value is -4.06. The third-order valence-electron chi connectivity index (χ3n) is 5.24.